The number of rotatable bonds is 3. The molecule has 1 aromatic carbocycles. The van der Waals surface area contributed by atoms with Crippen LogP contribution in [0.2, 0.25) is 0 Å². The topological polar surface area (TPSA) is 132 Å². The number of nitro groups is 1. The lowest BCUT2D eigenvalue weighted by atomic mass is 10.2. The van der Waals surface area contributed by atoms with Gasteiger partial charge in [-0.05, 0) is 24.4 Å². The molecule has 0 unspecified atom stereocenters. The molecule has 118 valence electrons. The summed E-state index contributed by atoms with van der Waals surface area (Å²) >= 11 is 4.81. The van der Waals surface area contributed by atoms with Crippen molar-refractivity contribution in [2.24, 2.45) is 0 Å². The Bertz CT molecular complexity index is 621. The first-order valence-electron chi connectivity index (χ1n) is 5.66. The highest BCUT2D eigenvalue weighted by molar-refractivity contribution is 7.80. The van der Waals surface area contributed by atoms with Gasteiger partial charge in [0.25, 0.3) is 5.69 Å². The maximum absolute atomic E-state index is 11.1. The Hall–Kier alpha value is -2.95. The maximum atomic E-state index is 11.1. The van der Waals surface area contributed by atoms with E-state index in [2.05, 4.69) is 25.4 Å². The number of ether oxygens (including phenoxy) is 2. The minimum absolute atomic E-state index is 0.0295. The predicted molar refractivity (Wildman–Crippen MR) is 80.9 cm³/mol. The maximum Gasteiger partial charge on any atom is 0.413 e. The van der Waals surface area contributed by atoms with Gasteiger partial charge in [-0.2, -0.15) is 0 Å². The predicted octanol–water partition coefficient (Wildman–Crippen LogP) is 1.83. The second kappa shape index (κ2) is 7.73. The minimum atomic E-state index is -0.816. The Morgan fingerprint density at radius 1 is 1.18 bits per heavy atom. The first kappa shape index (κ1) is 17.1. The molecule has 0 spiro atoms. The molecule has 22 heavy (non-hydrogen) atoms. The van der Waals surface area contributed by atoms with Crippen LogP contribution in [0.4, 0.5) is 26.7 Å². The Kier molecular flexibility index (Phi) is 6.01. The third-order valence-electron chi connectivity index (χ3n) is 2.28. The number of methoxy groups -OCH3 is 2. The van der Waals surface area contributed by atoms with Crippen LogP contribution in [0.25, 0.3) is 0 Å². The molecule has 0 aromatic heterocycles. The summed E-state index contributed by atoms with van der Waals surface area (Å²) in [5.74, 6) is 0. The molecule has 0 aliphatic rings. The summed E-state index contributed by atoms with van der Waals surface area (Å²) in [5.41, 5.74) is -0.166. The van der Waals surface area contributed by atoms with E-state index in [1.807, 2.05) is 0 Å². The van der Waals surface area contributed by atoms with Crippen molar-refractivity contribution < 1.29 is 24.0 Å². The van der Waals surface area contributed by atoms with Crippen LogP contribution >= 0.6 is 12.2 Å². The largest absolute Gasteiger partial charge is 0.453 e. The van der Waals surface area contributed by atoms with Crippen molar-refractivity contribution in [1.82, 2.24) is 5.32 Å². The van der Waals surface area contributed by atoms with Gasteiger partial charge in [0, 0.05) is 6.07 Å². The molecule has 0 aliphatic carbocycles. The fourth-order valence-corrected chi connectivity index (χ4v) is 1.53. The Balaban J connectivity index is 2.95. The highest BCUT2D eigenvalue weighted by Gasteiger charge is 2.17. The number of amides is 2. The van der Waals surface area contributed by atoms with Crippen LogP contribution in [0.1, 0.15) is 0 Å². The molecule has 0 bridgehead atoms. The molecule has 2 amide bonds. The minimum Gasteiger partial charge on any atom is -0.453 e. The number of nitrogens with zero attached hydrogens (tertiary/aromatic N) is 1. The molecule has 10 nitrogen and oxygen atoms in total. The Labute approximate surface area is 129 Å². The lowest BCUT2D eigenvalue weighted by molar-refractivity contribution is -0.383. The molecule has 1 aromatic rings. The lowest BCUT2D eigenvalue weighted by Gasteiger charge is -2.10. The van der Waals surface area contributed by atoms with Gasteiger partial charge >= 0.3 is 12.2 Å². The second-order valence-electron chi connectivity index (χ2n) is 3.68. The molecule has 0 atom stereocenters. The number of hydrogen-bond acceptors (Lipinski definition) is 7. The van der Waals surface area contributed by atoms with Gasteiger partial charge in [0.15, 0.2) is 5.11 Å². The average Bonchev–Trinajstić information content (AvgIpc) is 2.48. The number of nitrogens with one attached hydrogen (secondary N) is 3. The van der Waals surface area contributed by atoms with Crippen LogP contribution in [0.15, 0.2) is 18.2 Å². The number of benzene rings is 1. The van der Waals surface area contributed by atoms with Crippen LogP contribution in [-0.4, -0.2) is 36.4 Å². The summed E-state index contributed by atoms with van der Waals surface area (Å²) in [4.78, 5) is 32.4. The van der Waals surface area contributed by atoms with Gasteiger partial charge in [-0.3, -0.25) is 20.7 Å². The van der Waals surface area contributed by atoms with Crippen LogP contribution < -0.4 is 16.0 Å². The first-order valence-corrected chi connectivity index (χ1v) is 6.07. The van der Waals surface area contributed by atoms with Gasteiger partial charge in [0.2, 0.25) is 0 Å². The summed E-state index contributed by atoms with van der Waals surface area (Å²) in [6, 6.07) is 3.82. The molecule has 0 fully saturated rings. The van der Waals surface area contributed by atoms with Crippen molar-refractivity contribution in [1.29, 1.82) is 0 Å². The third kappa shape index (κ3) is 4.86. The molecular formula is C11H12N4O6S. The van der Waals surface area contributed by atoms with Gasteiger partial charge in [-0.25, -0.2) is 9.59 Å². The fraction of sp³-hybridized carbons (Fsp3) is 0.182. The van der Waals surface area contributed by atoms with E-state index < -0.39 is 17.1 Å². The van der Waals surface area contributed by atoms with Crippen LogP contribution in [0, 0.1) is 10.1 Å². The number of carbonyl (C=O) groups is 2. The van der Waals surface area contributed by atoms with E-state index in [1.54, 1.807) is 0 Å². The van der Waals surface area contributed by atoms with Crippen molar-refractivity contribution in [2.75, 3.05) is 24.9 Å². The summed E-state index contributed by atoms with van der Waals surface area (Å²) in [6.07, 6.45) is -1.58. The molecule has 0 saturated carbocycles. The van der Waals surface area contributed by atoms with Crippen molar-refractivity contribution in [3.63, 3.8) is 0 Å². The number of nitro benzene ring substituents is 1. The zero-order valence-electron chi connectivity index (χ0n) is 11.5. The normalized spacial score (nSPS) is 9.36. The molecule has 0 aliphatic heterocycles. The van der Waals surface area contributed by atoms with E-state index in [1.165, 1.54) is 12.1 Å². The van der Waals surface area contributed by atoms with Crippen LogP contribution in [0.3, 0.4) is 0 Å². The quantitative estimate of drug-likeness (QED) is 0.435. The van der Waals surface area contributed by atoms with Gasteiger partial charge in [0.1, 0.15) is 5.69 Å². The molecule has 0 heterocycles. The van der Waals surface area contributed by atoms with Gasteiger partial charge in [0.05, 0.1) is 24.8 Å². The van der Waals surface area contributed by atoms with E-state index in [0.717, 1.165) is 20.3 Å². The molecule has 0 radical (unpaired) electrons. The Morgan fingerprint density at radius 2 is 1.82 bits per heavy atom. The van der Waals surface area contributed by atoms with E-state index >= 15 is 0 Å². The third-order valence-corrected chi connectivity index (χ3v) is 2.48. The first-order chi connectivity index (χ1) is 10.4. The molecular weight excluding hydrogens is 316 g/mol. The van der Waals surface area contributed by atoms with E-state index in [0.29, 0.717) is 0 Å². The summed E-state index contributed by atoms with van der Waals surface area (Å²) in [6.45, 7) is 0. The molecule has 3 N–H and O–H groups in total. The molecule has 1 rings (SSSR count). The molecule has 0 saturated heterocycles. The number of carbonyl (C=O) groups excluding carboxylic acids is 2. The SMILES string of the molecule is COC(=O)NC(=S)Nc1ccc(NC(=O)OC)cc1[N+](=O)[O-]. The van der Waals surface area contributed by atoms with E-state index in [4.69, 9.17) is 12.2 Å². The van der Waals surface area contributed by atoms with Crippen LogP contribution in [0.5, 0.6) is 0 Å². The van der Waals surface area contributed by atoms with Crippen LogP contribution in [-0.2, 0) is 9.47 Å². The lowest BCUT2D eigenvalue weighted by Crippen LogP contribution is -2.34. The van der Waals surface area contributed by atoms with Crippen molar-refractivity contribution in [3.8, 4) is 0 Å². The van der Waals surface area contributed by atoms with Crippen molar-refractivity contribution in [3.05, 3.63) is 28.3 Å². The zero-order valence-corrected chi connectivity index (χ0v) is 12.4. The smallest absolute Gasteiger partial charge is 0.413 e. The highest BCUT2D eigenvalue weighted by Crippen LogP contribution is 2.27. The number of hydrogen-bond donors (Lipinski definition) is 3. The number of anilines is 2. The summed E-state index contributed by atoms with van der Waals surface area (Å²) < 4.78 is 8.73. The standard InChI is InChI=1S/C11H12N4O6S/c1-20-10(16)12-6-3-4-7(8(5-6)15(18)19)13-9(22)14-11(17)21-2/h3-5H,1-2H3,(H,12,16)(H2,13,14,17,22). The summed E-state index contributed by atoms with van der Waals surface area (Å²) in [7, 11) is 2.31. The summed E-state index contributed by atoms with van der Waals surface area (Å²) in [5, 5.41) is 17.8. The monoisotopic (exact) mass is 328 g/mol. The second-order valence-corrected chi connectivity index (χ2v) is 4.08. The fourth-order valence-electron chi connectivity index (χ4n) is 1.33. The molecule has 11 heteroatoms. The number of alkyl carbamates (subject to hydrolysis) is 1. The van der Waals surface area contributed by atoms with E-state index in [-0.39, 0.29) is 22.2 Å². The Morgan fingerprint density at radius 3 is 2.36 bits per heavy atom. The van der Waals surface area contributed by atoms with Gasteiger partial charge < -0.3 is 14.8 Å². The van der Waals surface area contributed by atoms with Crippen molar-refractivity contribution >= 4 is 46.6 Å². The highest BCUT2D eigenvalue weighted by atomic mass is 32.1. The zero-order chi connectivity index (χ0) is 16.7. The number of thiocarbonyl (C=S) groups is 1. The van der Waals surface area contributed by atoms with Gasteiger partial charge in [-0.1, -0.05) is 0 Å². The van der Waals surface area contributed by atoms with E-state index in [9.17, 15) is 19.7 Å². The van der Waals surface area contributed by atoms with Crippen molar-refractivity contribution in [2.45, 2.75) is 0 Å². The van der Waals surface area contributed by atoms with Gasteiger partial charge in [-0.15, -0.1) is 0 Å². The average molecular weight is 328 g/mol.